The highest BCUT2D eigenvalue weighted by molar-refractivity contribution is 6.23. The first-order valence-corrected chi connectivity index (χ1v) is 14.7. The van der Waals surface area contributed by atoms with Crippen LogP contribution in [0.4, 0.5) is 17.1 Å². The van der Waals surface area contributed by atoms with Gasteiger partial charge in [0.25, 0.3) is 11.4 Å². The molecule has 0 heterocycles. The number of non-ortho nitro benzene ring substituents is 1. The van der Waals surface area contributed by atoms with Crippen LogP contribution in [0.5, 0.6) is 0 Å². The zero-order valence-corrected chi connectivity index (χ0v) is 25.0. The Hall–Kier alpha value is -4.83. The Morgan fingerprint density at radius 3 is 2.23 bits per heavy atom. The standard InChI is InChI=1S/C34H35N3O7/c1-4-19-35(28-18-16-26(36(40)41)20-29(28)37(42)43)21-30(34(2,3)39)44-31(38)10-6-7-22-11-12-25-14-13-23-8-5-9-24-15-17-27(22)33(25)32(23)24/h5,8-9,11-18,20,30,39H,4,6-7,10,19,21H2,1-3H3. The summed E-state index contributed by atoms with van der Waals surface area (Å²) in [5, 5.41) is 41.1. The van der Waals surface area contributed by atoms with Gasteiger partial charge in [0.2, 0.25) is 0 Å². The number of carbonyl (C=O) groups excluding carboxylic acids is 1. The Morgan fingerprint density at radius 1 is 0.932 bits per heavy atom. The van der Waals surface area contributed by atoms with Crippen LogP contribution in [0.3, 0.4) is 0 Å². The molecule has 0 saturated heterocycles. The number of hydrogen-bond donors (Lipinski definition) is 1. The number of nitro benzene ring substituents is 2. The van der Waals surface area contributed by atoms with Crippen molar-refractivity contribution in [2.75, 3.05) is 18.0 Å². The van der Waals surface area contributed by atoms with Gasteiger partial charge in [0, 0.05) is 19.0 Å². The van der Waals surface area contributed by atoms with Crippen molar-refractivity contribution in [1.82, 2.24) is 0 Å². The molecule has 0 radical (unpaired) electrons. The molecule has 0 aromatic heterocycles. The number of aliphatic hydroxyl groups is 1. The van der Waals surface area contributed by atoms with E-state index in [-0.39, 0.29) is 18.7 Å². The molecule has 0 aliphatic heterocycles. The Bertz CT molecular complexity index is 1830. The maximum Gasteiger partial charge on any atom is 0.306 e. The minimum absolute atomic E-state index is 0.0310. The molecular formula is C34H35N3O7. The summed E-state index contributed by atoms with van der Waals surface area (Å²) in [6, 6.07) is 22.5. The number of ether oxygens (including phenoxy) is 1. The average molecular weight is 598 g/mol. The van der Waals surface area contributed by atoms with Crippen LogP contribution in [-0.2, 0) is 16.0 Å². The molecule has 10 nitrogen and oxygen atoms in total. The molecule has 44 heavy (non-hydrogen) atoms. The zero-order chi connectivity index (χ0) is 31.6. The molecule has 1 N–H and O–H groups in total. The Morgan fingerprint density at radius 2 is 1.59 bits per heavy atom. The Balaban J connectivity index is 1.31. The number of aryl methyl sites for hydroxylation is 1. The number of anilines is 1. The molecule has 228 valence electrons. The van der Waals surface area contributed by atoms with Crippen LogP contribution >= 0.6 is 0 Å². The quantitative estimate of drug-likeness (QED) is 0.0645. The number of nitrogens with zero attached hydrogens (tertiary/aromatic N) is 3. The van der Waals surface area contributed by atoms with E-state index in [2.05, 4.69) is 54.6 Å². The summed E-state index contributed by atoms with van der Waals surface area (Å²) >= 11 is 0. The maximum absolute atomic E-state index is 13.1. The van der Waals surface area contributed by atoms with Gasteiger partial charge >= 0.3 is 5.97 Å². The largest absolute Gasteiger partial charge is 0.457 e. The number of benzene rings is 5. The van der Waals surface area contributed by atoms with Gasteiger partial charge in [-0.3, -0.25) is 25.0 Å². The van der Waals surface area contributed by atoms with Crippen molar-refractivity contribution in [2.24, 2.45) is 0 Å². The molecule has 0 spiro atoms. The SMILES string of the molecule is CCCN(CC(OC(=O)CCCc1ccc2ccc3cccc4ccc1c2c34)C(C)(C)O)c1ccc([N+](=O)[O-])cc1[N+](=O)[O-]. The number of esters is 1. The van der Waals surface area contributed by atoms with E-state index < -0.39 is 38.9 Å². The van der Waals surface area contributed by atoms with Gasteiger partial charge in [-0.05, 0) is 77.1 Å². The molecule has 0 amide bonds. The molecule has 0 aliphatic rings. The fraction of sp³-hybridized carbons (Fsp3) is 0.324. The van der Waals surface area contributed by atoms with Gasteiger partial charge in [0.1, 0.15) is 11.8 Å². The van der Waals surface area contributed by atoms with Crippen molar-refractivity contribution in [1.29, 1.82) is 0 Å². The minimum Gasteiger partial charge on any atom is -0.457 e. The Kier molecular flexibility index (Phi) is 8.64. The maximum atomic E-state index is 13.1. The van der Waals surface area contributed by atoms with E-state index in [1.807, 2.05) is 6.92 Å². The molecule has 10 heteroatoms. The predicted molar refractivity (Wildman–Crippen MR) is 172 cm³/mol. The average Bonchev–Trinajstić information content (AvgIpc) is 2.99. The van der Waals surface area contributed by atoms with Crippen molar-refractivity contribution in [2.45, 2.75) is 58.2 Å². The molecule has 1 unspecified atom stereocenters. The third kappa shape index (κ3) is 6.26. The van der Waals surface area contributed by atoms with Crippen LogP contribution < -0.4 is 4.90 Å². The van der Waals surface area contributed by atoms with Crippen molar-refractivity contribution in [3.63, 3.8) is 0 Å². The first kappa shape index (κ1) is 30.6. The third-order valence-corrected chi connectivity index (χ3v) is 8.09. The summed E-state index contributed by atoms with van der Waals surface area (Å²) in [6.45, 7) is 5.23. The predicted octanol–water partition coefficient (Wildman–Crippen LogP) is 7.32. The lowest BCUT2D eigenvalue weighted by Crippen LogP contribution is -2.48. The highest BCUT2D eigenvalue weighted by Crippen LogP contribution is 2.37. The van der Waals surface area contributed by atoms with Gasteiger partial charge < -0.3 is 14.7 Å². The summed E-state index contributed by atoms with van der Waals surface area (Å²) < 4.78 is 5.78. The number of nitro groups is 2. The summed E-state index contributed by atoms with van der Waals surface area (Å²) in [7, 11) is 0. The monoisotopic (exact) mass is 597 g/mol. The van der Waals surface area contributed by atoms with Crippen LogP contribution in [0.15, 0.2) is 72.8 Å². The lowest BCUT2D eigenvalue weighted by atomic mass is 9.90. The molecule has 0 bridgehead atoms. The second kappa shape index (κ2) is 12.4. The van der Waals surface area contributed by atoms with Gasteiger partial charge in [-0.1, -0.05) is 61.5 Å². The van der Waals surface area contributed by atoms with Gasteiger partial charge in [-0.2, -0.15) is 0 Å². The normalized spacial score (nSPS) is 12.5. The second-order valence-electron chi connectivity index (χ2n) is 11.7. The molecule has 0 saturated carbocycles. The fourth-order valence-corrected chi connectivity index (χ4v) is 5.88. The smallest absolute Gasteiger partial charge is 0.306 e. The number of carbonyl (C=O) groups is 1. The number of rotatable bonds is 13. The molecule has 1 atom stereocenters. The van der Waals surface area contributed by atoms with E-state index in [1.54, 1.807) is 4.90 Å². The van der Waals surface area contributed by atoms with E-state index >= 15 is 0 Å². The molecule has 0 aliphatic carbocycles. The lowest BCUT2D eigenvalue weighted by Gasteiger charge is -2.34. The third-order valence-electron chi connectivity index (χ3n) is 8.09. The first-order chi connectivity index (χ1) is 21.0. The minimum atomic E-state index is -1.46. The van der Waals surface area contributed by atoms with Crippen LogP contribution in [0.2, 0.25) is 0 Å². The van der Waals surface area contributed by atoms with Gasteiger partial charge in [-0.15, -0.1) is 0 Å². The van der Waals surface area contributed by atoms with E-state index in [0.717, 1.165) is 17.0 Å². The highest BCUT2D eigenvalue weighted by Gasteiger charge is 2.34. The van der Waals surface area contributed by atoms with Crippen LogP contribution in [-0.4, -0.2) is 45.7 Å². The van der Waals surface area contributed by atoms with Gasteiger partial charge in [0.05, 0.1) is 28.1 Å². The summed E-state index contributed by atoms with van der Waals surface area (Å²) in [5.41, 5.74) is -0.985. The number of hydrogen-bond acceptors (Lipinski definition) is 8. The summed E-state index contributed by atoms with van der Waals surface area (Å²) in [6.07, 6.45) is 0.910. The Labute approximate surface area is 254 Å². The zero-order valence-electron chi connectivity index (χ0n) is 25.0. The lowest BCUT2D eigenvalue weighted by molar-refractivity contribution is -0.393. The van der Waals surface area contributed by atoms with Crippen molar-refractivity contribution >= 4 is 55.3 Å². The van der Waals surface area contributed by atoms with Gasteiger partial charge in [-0.25, -0.2) is 0 Å². The molecule has 5 rings (SSSR count). The van der Waals surface area contributed by atoms with Gasteiger partial charge in [0.15, 0.2) is 0 Å². The molecule has 5 aromatic carbocycles. The fourth-order valence-electron chi connectivity index (χ4n) is 5.88. The second-order valence-corrected chi connectivity index (χ2v) is 11.7. The van der Waals surface area contributed by atoms with Crippen molar-refractivity contribution < 1.29 is 24.5 Å². The van der Waals surface area contributed by atoms with E-state index in [9.17, 15) is 30.1 Å². The topological polar surface area (TPSA) is 136 Å². The first-order valence-electron chi connectivity index (χ1n) is 14.7. The summed E-state index contributed by atoms with van der Waals surface area (Å²) in [4.78, 5) is 36.3. The van der Waals surface area contributed by atoms with E-state index in [0.29, 0.717) is 25.8 Å². The van der Waals surface area contributed by atoms with Crippen molar-refractivity contribution in [3.05, 3.63) is 98.6 Å². The van der Waals surface area contributed by atoms with Crippen LogP contribution in [0.1, 0.15) is 45.6 Å². The summed E-state index contributed by atoms with van der Waals surface area (Å²) in [5.74, 6) is -0.482. The molecular weight excluding hydrogens is 562 g/mol. The van der Waals surface area contributed by atoms with Crippen LogP contribution in [0.25, 0.3) is 32.3 Å². The molecule has 0 fully saturated rings. The highest BCUT2D eigenvalue weighted by atomic mass is 16.6. The van der Waals surface area contributed by atoms with E-state index in [4.69, 9.17) is 4.74 Å². The van der Waals surface area contributed by atoms with Crippen LogP contribution in [0, 0.1) is 20.2 Å². The van der Waals surface area contributed by atoms with Crippen molar-refractivity contribution in [3.8, 4) is 0 Å². The van der Waals surface area contributed by atoms with E-state index in [1.165, 1.54) is 52.9 Å². The molecule has 5 aromatic rings.